The van der Waals surface area contributed by atoms with Crippen LogP contribution in [0, 0.1) is 0 Å². The van der Waals surface area contributed by atoms with Gasteiger partial charge in [0.1, 0.15) is 0 Å². The van der Waals surface area contributed by atoms with Crippen LogP contribution in [-0.4, -0.2) is 118 Å². The molecular weight excluding hydrogens is 599 g/mol. The van der Waals surface area contributed by atoms with Gasteiger partial charge in [0, 0.05) is 73.9 Å². The summed E-state index contributed by atoms with van der Waals surface area (Å²) in [5.74, 6) is -0.0194. The molecule has 0 heterocycles. The van der Waals surface area contributed by atoms with E-state index < -0.39 is 7.87 Å². The Morgan fingerprint density at radius 1 is 0.574 bits per heavy atom. The summed E-state index contributed by atoms with van der Waals surface area (Å²) < 4.78 is 11.4. The van der Waals surface area contributed by atoms with E-state index in [4.69, 9.17) is 0 Å². The Morgan fingerprint density at radius 2 is 0.915 bits per heavy atom. The highest BCUT2D eigenvalue weighted by Gasteiger charge is 2.53. The van der Waals surface area contributed by atoms with Crippen molar-refractivity contribution >= 4 is 13.8 Å². The van der Waals surface area contributed by atoms with Gasteiger partial charge in [0.15, 0.2) is 0 Å². The molecule has 1 N–H and O–H groups in total. The molecule has 8 heteroatoms. The molecule has 47 heavy (non-hydrogen) atoms. The largest absolute Gasteiger partial charge is 0.352 e. The van der Waals surface area contributed by atoms with Crippen molar-refractivity contribution < 1.29 is 9.28 Å². The Hall–Kier alpha value is -0.560. The van der Waals surface area contributed by atoms with Crippen LogP contribution in [0.25, 0.3) is 0 Å². The normalized spacial score (nSPS) is 12.6. The van der Waals surface area contributed by atoms with Crippen LogP contribution < -0.4 is 5.32 Å². The number of carbonyl (C=O) groups excluding carboxylic acids is 1. The molecule has 0 saturated carbocycles. The fourth-order valence-corrected chi connectivity index (χ4v) is 11.7. The molecule has 0 fully saturated rings. The molecule has 0 aliphatic heterocycles. The minimum Gasteiger partial charge on any atom is -0.352 e. The third-order valence-corrected chi connectivity index (χ3v) is 14.2. The number of hydrogen-bond acceptors (Lipinski definition) is 5. The van der Waals surface area contributed by atoms with Gasteiger partial charge in [-0.05, 0) is 32.6 Å². The van der Waals surface area contributed by atoms with Crippen LogP contribution in [0.15, 0.2) is 12.2 Å². The van der Waals surface area contributed by atoms with Gasteiger partial charge in [0.2, 0.25) is 5.91 Å². The highest BCUT2D eigenvalue weighted by Crippen LogP contribution is 2.66. The molecule has 1 amide bonds. The van der Waals surface area contributed by atoms with Crippen LogP contribution in [0.2, 0.25) is 0 Å². The standard InChI is InChI=1S/C39H84N6OP/c1-12-13-14-15-16-17-20-23-26-29-34-44(47(41(4)5,42(6)7)43(8)9)35-30-27-24-21-18-19-22-25-28-31-36-45(10,11)37-32-33-40-39(46)38(2)3/h2,12-37H2,1,3-11H3/q+1/p+1. The minimum absolute atomic E-state index is 0.0194. The highest BCUT2D eigenvalue weighted by molar-refractivity contribution is 7.66. The fraction of sp³-hybridized carbons (Fsp3) is 0.923. The highest BCUT2D eigenvalue weighted by atomic mass is 31.2. The van der Waals surface area contributed by atoms with E-state index in [9.17, 15) is 4.79 Å². The minimum atomic E-state index is -1.69. The van der Waals surface area contributed by atoms with Crippen molar-refractivity contribution in [3.8, 4) is 0 Å². The number of amides is 1. The smallest absolute Gasteiger partial charge is 0.307 e. The van der Waals surface area contributed by atoms with Gasteiger partial charge in [-0.15, -0.1) is 18.7 Å². The first-order valence-corrected chi connectivity index (χ1v) is 21.4. The van der Waals surface area contributed by atoms with E-state index in [-0.39, 0.29) is 5.91 Å². The monoisotopic (exact) mass is 685 g/mol. The SMILES string of the molecule is C=C(C)C(=O)NCCC[N+](C)(C)CCCCCCCCCCCCN(CCCCCCCCCCCC)[P+](N(C)C)(N(C)C)N(C)C. The average molecular weight is 685 g/mol. The first kappa shape index (κ1) is 46.4. The molecule has 7 nitrogen and oxygen atoms in total. The van der Waals surface area contributed by atoms with E-state index in [0.717, 1.165) is 24.0 Å². The summed E-state index contributed by atoms with van der Waals surface area (Å²) in [5, 5.41) is 2.95. The van der Waals surface area contributed by atoms with E-state index in [0.29, 0.717) is 5.57 Å². The lowest BCUT2D eigenvalue weighted by atomic mass is 10.1. The Kier molecular flexibility index (Phi) is 27.8. The summed E-state index contributed by atoms with van der Waals surface area (Å²) in [6.07, 6.45) is 28.6. The van der Waals surface area contributed by atoms with Gasteiger partial charge >= 0.3 is 7.87 Å². The topological polar surface area (TPSA) is 42.1 Å². The number of nitrogens with one attached hydrogen (secondary N) is 1. The second-order valence-electron chi connectivity index (χ2n) is 15.5. The number of hydrogen-bond donors (Lipinski definition) is 1. The fourth-order valence-electron chi connectivity index (χ4n) is 7.21. The summed E-state index contributed by atoms with van der Waals surface area (Å²) in [4.78, 5) is 11.6. The van der Waals surface area contributed by atoms with Crippen LogP contribution in [-0.2, 0) is 4.79 Å². The van der Waals surface area contributed by atoms with E-state index in [2.05, 4.69) is 93.9 Å². The van der Waals surface area contributed by atoms with Gasteiger partial charge in [-0.2, -0.15) is 0 Å². The molecule has 0 rings (SSSR count). The zero-order chi connectivity index (χ0) is 35.6. The third kappa shape index (κ3) is 21.3. The Bertz CT molecular complexity index is 751. The van der Waals surface area contributed by atoms with Gasteiger partial charge in [-0.25, -0.2) is 0 Å². The number of rotatable bonds is 33. The molecule has 0 saturated heterocycles. The molecule has 280 valence electrons. The summed E-state index contributed by atoms with van der Waals surface area (Å²) in [6.45, 7) is 13.3. The molecule has 0 aromatic heterocycles. The van der Waals surface area contributed by atoms with E-state index in [1.807, 2.05) is 0 Å². The molecule has 0 bridgehead atoms. The van der Waals surface area contributed by atoms with E-state index in [1.54, 1.807) is 6.92 Å². The molecule has 0 unspecified atom stereocenters. The Morgan fingerprint density at radius 3 is 1.28 bits per heavy atom. The van der Waals surface area contributed by atoms with Crippen LogP contribution in [0.5, 0.6) is 0 Å². The van der Waals surface area contributed by atoms with Crippen molar-refractivity contribution in [3.05, 3.63) is 12.2 Å². The molecule has 0 aliphatic rings. The molecule has 0 atom stereocenters. The molecular formula is C39H85N6OP+2. The van der Waals surface area contributed by atoms with E-state index in [1.165, 1.54) is 148 Å². The third-order valence-electron chi connectivity index (χ3n) is 9.80. The molecule has 0 aromatic carbocycles. The van der Waals surface area contributed by atoms with Crippen LogP contribution in [0.4, 0.5) is 0 Å². The number of carbonyl (C=O) groups is 1. The molecule has 0 spiro atoms. The van der Waals surface area contributed by atoms with Gasteiger partial charge in [0.25, 0.3) is 0 Å². The molecule has 0 radical (unpaired) electrons. The van der Waals surface area contributed by atoms with Crippen molar-refractivity contribution in [2.45, 2.75) is 149 Å². The summed E-state index contributed by atoms with van der Waals surface area (Å²) in [5.41, 5.74) is 0.591. The second-order valence-corrected chi connectivity index (χ2v) is 19.6. The summed E-state index contributed by atoms with van der Waals surface area (Å²) in [7, 11) is 16.7. The Labute approximate surface area is 296 Å². The van der Waals surface area contributed by atoms with E-state index >= 15 is 0 Å². The van der Waals surface area contributed by atoms with Gasteiger partial charge < -0.3 is 9.80 Å². The lowest BCUT2D eigenvalue weighted by molar-refractivity contribution is -0.890. The lowest BCUT2D eigenvalue weighted by Crippen LogP contribution is -2.47. The zero-order valence-corrected chi connectivity index (χ0v) is 34.6. The first-order chi connectivity index (χ1) is 22.3. The van der Waals surface area contributed by atoms with Crippen LogP contribution in [0.3, 0.4) is 0 Å². The molecule has 0 aliphatic carbocycles. The van der Waals surface area contributed by atoms with Crippen molar-refractivity contribution in [1.82, 2.24) is 24.0 Å². The lowest BCUT2D eigenvalue weighted by Gasteiger charge is -2.45. The van der Waals surface area contributed by atoms with Gasteiger partial charge in [-0.1, -0.05) is 116 Å². The Balaban J connectivity index is 4.30. The second kappa shape index (κ2) is 28.2. The van der Waals surface area contributed by atoms with Crippen molar-refractivity contribution in [3.63, 3.8) is 0 Å². The maximum Gasteiger partial charge on any atom is 0.307 e. The predicted octanol–water partition coefficient (Wildman–Crippen LogP) is 9.63. The van der Waals surface area contributed by atoms with Gasteiger partial charge in [-0.3, -0.25) is 4.79 Å². The quantitative estimate of drug-likeness (QED) is 0.0323. The maximum absolute atomic E-state index is 11.6. The van der Waals surface area contributed by atoms with Gasteiger partial charge in [0.05, 0.1) is 27.2 Å². The number of quaternary nitrogens is 1. The number of unbranched alkanes of at least 4 members (excludes halogenated alkanes) is 18. The van der Waals surface area contributed by atoms with Crippen LogP contribution in [0.1, 0.15) is 149 Å². The maximum atomic E-state index is 11.6. The molecule has 0 aromatic rings. The summed E-state index contributed by atoms with van der Waals surface area (Å²) in [6, 6.07) is 0. The number of nitrogens with zero attached hydrogens (tertiary/aromatic N) is 5. The van der Waals surface area contributed by atoms with Crippen molar-refractivity contribution in [2.24, 2.45) is 0 Å². The average Bonchev–Trinajstić information content (AvgIpc) is 2.99. The first-order valence-electron chi connectivity index (χ1n) is 19.8. The summed E-state index contributed by atoms with van der Waals surface area (Å²) >= 11 is 0. The predicted molar refractivity (Wildman–Crippen MR) is 212 cm³/mol. The van der Waals surface area contributed by atoms with Crippen molar-refractivity contribution in [1.29, 1.82) is 0 Å². The zero-order valence-electron chi connectivity index (χ0n) is 33.7. The van der Waals surface area contributed by atoms with Crippen molar-refractivity contribution in [2.75, 3.05) is 89.1 Å². The van der Waals surface area contributed by atoms with Crippen LogP contribution >= 0.6 is 7.87 Å².